The zero-order valence-electron chi connectivity index (χ0n) is 9.40. The topological polar surface area (TPSA) is 124 Å². The summed E-state index contributed by atoms with van der Waals surface area (Å²) in [6, 6.07) is 3.20. The number of aliphatic hydroxyl groups excluding tert-OH is 1. The highest BCUT2D eigenvalue weighted by Gasteiger charge is 2.43. The van der Waals surface area contributed by atoms with Crippen LogP contribution in [0.4, 0.5) is 0 Å². The molecule has 0 spiro atoms. The fourth-order valence-electron chi connectivity index (χ4n) is 1.34. The number of hydrogen-bond acceptors (Lipinski definition) is 7. The van der Waals surface area contributed by atoms with Crippen molar-refractivity contribution in [3.05, 3.63) is 29.3 Å². The molecule has 0 heterocycles. The molecule has 0 bridgehead atoms. The average molecular weight is 256 g/mol. The lowest BCUT2D eigenvalue weighted by atomic mass is 9.97. The molecule has 0 aliphatic heterocycles. The highest BCUT2D eigenvalue weighted by atomic mass is 16.6. The number of esters is 1. The van der Waals surface area contributed by atoms with E-state index in [1.165, 1.54) is 6.07 Å². The standard InChI is InChI=1S/C11H12O7/c1-18-10(15)9(14)11(16,17)7-4-6(5-12)2-3-8(7)13/h2-5,9,13-14,16-17H,1H3. The first-order chi connectivity index (χ1) is 8.34. The quantitative estimate of drug-likeness (QED) is 0.305. The first-order valence-corrected chi connectivity index (χ1v) is 4.84. The van der Waals surface area contributed by atoms with E-state index in [1.54, 1.807) is 0 Å². The van der Waals surface area contributed by atoms with Crippen molar-refractivity contribution in [1.82, 2.24) is 0 Å². The summed E-state index contributed by atoms with van der Waals surface area (Å²) < 4.78 is 4.16. The number of ether oxygens (including phenoxy) is 1. The van der Waals surface area contributed by atoms with E-state index in [0.29, 0.717) is 6.29 Å². The molecule has 0 saturated heterocycles. The molecule has 1 aromatic rings. The number of hydrogen-bond donors (Lipinski definition) is 4. The lowest BCUT2D eigenvalue weighted by Gasteiger charge is -2.26. The Morgan fingerprint density at radius 2 is 2.06 bits per heavy atom. The number of rotatable bonds is 4. The molecule has 7 heteroatoms. The molecule has 0 aliphatic rings. The Balaban J connectivity index is 3.26. The Morgan fingerprint density at radius 1 is 1.44 bits per heavy atom. The second kappa shape index (κ2) is 5.13. The van der Waals surface area contributed by atoms with Gasteiger partial charge in [0.2, 0.25) is 11.9 Å². The molecule has 0 saturated carbocycles. The van der Waals surface area contributed by atoms with Crippen molar-refractivity contribution in [1.29, 1.82) is 0 Å². The summed E-state index contributed by atoms with van der Waals surface area (Å²) in [5.74, 6) is -4.96. The zero-order valence-corrected chi connectivity index (χ0v) is 9.40. The third kappa shape index (κ3) is 2.48. The molecular formula is C11H12O7. The van der Waals surface area contributed by atoms with E-state index < -0.39 is 29.2 Å². The van der Waals surface area contributed by atoms with Crippen LogP contribution in [0.25, 0.3) is 0 Å². The van der Waals surface area contributed by atoms with Gasteiger partial charge in [-0.05, 0) is 18.2 Å². The predicted octanol–water partition coefficient (Wildman–Crippen LogP) is -1.12. The smallest absolute Gasteiger partial charge is 0.340 e. The maximum Gasteiger partial charge on any atom is 0.340 e. The summed E-state index contributed by atoms with van der Waals surface area (Å²) in [5.41, 5.74) is -0.544. The van der Waals surface area contributed by atoms with Gasteiger partial charge in [0, 0.05) is 5.56 Å². The second-order valence-electron chi connectivity index (χ2n) is 3.55. The Hall–Kier alpha value is -1.96. The molecule has 0 aromatic heterocycles. The second-order valence-corrected chi connectivity index (χ2v) is 3.55. The molecule has 7 nitrogen and oxygen atoms in total. The van der Waals surface area contributed by atoms with Crippen LogP contribution in [0.3, 0.4) is 0 Å². The number of phenolic OH excluding ortho intramolecular Hbond substituents is 1. The summed E-state index contributed by atoms with van der Waals surface area (Å²) in [6.07, 6.45) is -1.92. The summed E-state index contributed by atoms with van der Waals surface area (Å²) >= 11 is 0. The molecular weight excluding hydrogens is 244 g/mol. The van der Waals surface area contributed by atoms with E-state index in [2.05, 4.69) is 4.74 Å². The summed E-state index contributed by atoms with van der Waals surface area (Å²) in [4.78, 5) is 21.6. The van der Waals surface area contributed by atoms with Crippen LogP contribution in [0, 0.1) is 0 Å². The van der Waals surface area contributed by atoms with Gasteiger partial charge in [-0.25, -0.2) is 4.79 Å². The lowest BCUT2D eigenvalue weighted by Crippen LogP contribution is -2.45. The van der Waals surface area contributed by atoms with Crippen LogP contribution in [0.1, 0.15) is 15.9 Å². The molecule has 0 aliphatic carbocycles. The maximum atomic E-state index is 11.1. The van der Waals surface area contributed by atoms with Crippen LogP contribution in [0.5, 0.6) is 5.75 Å². The molecule has 1 atom stereocenters. The molecule has 1 unspecified atom stereocenters. The van der Waals surface area contributed by atoms with Crippen molar-refractivity contribution >= 4 is 12.3 Å². The minimum atomic E-state index is -3.07. The van der Waals surface area contributed by atoms with Crippen molar-refractivity contribution in [2.24, 2.45) is 0 Å². The van der Waals surface area contributed by atoms with Gasteiger partial charge in [-0.2, -0.15) is 0 Å². The number of aromatic hydroxyl groups is 1. The summed E-state index contributed by atoms with van der Waals surface area (Å²) in [6.45, 7) is 0. The molecule has 0 amide bonds. The molecule has 0 fully saturated rings. The van der Waals surface area contributed by atoms with Crippen molar-refractivity contribution in [2.75, 3.05) is 7.11 Å². The Labute approximate surface area is 102 Å². The Morgan fingerprint density at radius 3 is 2.56 bits per heavy atom. The molecule has 1 rings (SSSR count). The monoisotopic (exact) mass is 256 g/mol. The largest absolute Gasteiger partial charge is 0.507 e. The minimum absolute atomic E-state index is 0.0346. The number of benzene rings is 1. The lowest BCUT2D eigenvalue weighted by molar-refractivity contribution is -0.239. The van der Waals surface area contributed by atoms with Gasteiger partial charge in [0.05, 0.1) is 12.7 Å². The summed E-state index contributed by atoms with van der Waals surface area (Å²) in [7, 11) is 0.948. The van der Waals surface area contributed by atoms with Crippen molar-refractivity contribution < 1.29 is 34.8 Å². The fraction of sp³-hybridized carbons (Fsp3) is 0.273. The number of carbonyl (C=O) groups excluding carboxylic acids is 2. The van der Waals surface area contributed by atoms with E-state index in [1.807, 2.05) is 0 Å². The number of phenols is 1. The minimum Gasteiger partial charge on any atom is -0.507 e. The van der Waals surface area contributed by atoms with Gasteiger partial charge in [0.15, 0.2) is 0 Å². The molecule has 4 N–H and O–H groups in total. The van der Waals surface area contributed by atoms with Gasteiger partial charge in [-0.1, -0.05) is 0 Å². The van der Waals surface area contributed by atoms with E-state index in [4.69, 9.17) is 0 Å². The van der Waals surface area contributed by atoms with E-state index in [9.17, 15) is 30.0 Å². The predicted molar refractivity (Wildman–Crippen MR) is 57.6 cm³/mol. The highest BCUT2D eigenvalue weighted by Crippen LogP contribution is 2.31. The molecule has 98 valence electrons. The Bertz CT molecular complexity index is 466. The number of aliphatic hydroxyl groups is 3. The fourth-order valence-corrected chi connectivity index (χ4v) is 1.34. The van der Waals surface area contributed by atoms with Gasteiger partial charge in [-0.15, -0.1) is 0 Å². The normalized spacial score (nSPS) is 12.9. The third-order valence-corrected chi connectivity index (χ3v) is 2.36. The number of methoxy groups -OCH3 is 1. The Kier molecular flexibility index (Phi) is 4.02. The van der Waals surface area contributed by atoms with E-state index >= 15 is 0 Å². The molecule has 0 radical (unpaired) electrons. The maximum absolute atomic E-state index is 11.1. The molecule has 1 aromatic carbocycles. The average Bonchev–Trinajstić information content (AvgIpc) is 2.37. The SMILES string of the molecule is COC(=O)C(O)C(O)(O)c1cc(C=O)ccc1O. The molecule has 18 heavy (non-hydrogen) atoms. The van der Waals surface area contributed by atoms with Crippen molar-refractivity contribution in [2.45, 2.75) is 11.9 Å². The van der Waals surface area contributed by atoms with Crippen LogP contribution in [-0.2, 0) is 15.3 Å². The highest BCUT2D eigenvalue weighted by molar-refractivity contribution is 5.78. The van der Waals surface area contributed by atoms with Crippen LogP contribution >= 0.6 is 0 Å². The summed E-state index contributed by atoms with van der Waals surface area (Å²) in [5, 5.41) is 38.3. The third-order valence-electron chi connectivity index (χ3n) is 2.36. The van der Waals surface area contributed by atoms with E-state index in [0.717, 1.165) is 19.2 Å². The van der Waals surface area contributed by atoms with Gasteiger partial charge < -0.3 is 25.2 Å². The van der Waals surface area contributed by atoms with Gasteiger partial charge in [0.25, 0.3) is 0 Å². The van der Waals surface area contributed by atoms with E-state index in [-0.39, 0.29) is 5.56 Å². The zero-order chi connectivity index (χ0) is 13.9. The number of carbonyl (C=O) groups is 2. The number of aldehydes is 1. The van der Waals surface area contributed by atoms with Crippen molar-refractivity contribution in [3.63, 3.8) is 0 Å². The first kappa shape index (κ1) is 14.1. The van der Waals surface area contributed by atoms with Crippen molar-refractivity contribution in [3.8, 4) is 5.75 Å². The van der Waals surface area contributed by atoms with Crippen LogP contribution in [0.2, 0.25) is 0 Å². The van der Waals surface area contributed by atoms with Gasteiger partial charge >= 0.3 is 5.97 Å². The first-order valence-electron chi connectivity index (χ1n) is 4.84. The van der Waals surface area contributed by atoms with Crippen LogP contribution in [-0.4, -0.2) is 45.9 Å². The van der Waals surface area contributed by atoms with Crippen LogP contribution in [0.15, 0.2) is 18.2 Å². The van der Waals surface area contributed by atoms with Gasteiger partial charge in [0.1, 0.15) is 12.0 Å². The van der Waals surface area contributed by atoms with Crippen LogP contribution < -0.4 is 0 Å². The van der Waals surface area contributed by atoms with Gasteiger partial charge in [-0.3, -0.25) is 4.79 Å².